The van der Waals surface area contributed by atoms with Crippen LogP contribution in [0.1, 0.15) is 67.3 Å². The summed E-state index contributed by atoms with van der Waals surface area (Å²) in [6.45, 7) is 7.09. The van der Waals surface area contributed by atoms with Crippen LogP contribution in [0.4, 0.5) is 15.8 Å². The maximum atomic E-state index is 13.2. The zero-order chi connectivity index (χ0) is 28.0. The highest BCUT2D eigenvalue weighted by atomic mass is 32.1. The molecule has 4 amide bonds. The molecular weight excluding hydrogens is 526 g/mol. The Hall–Kier alpha value is -3.55. The molecule has 3 aromatic heterocycles. The van der Waals surface area contributed by atoms with Gasteiger partial charge in [0.1, 0.15) is 11.4 Å². The topological polar surface area (TPSA) is 137 Å². The monoisotopic (exact) mass is 559 g/mol. The molecule has 4 N–H and O–H groups in total. The highest BCUT2D eigenvalue weighted by molar-refractivity contribution is 7.17. The van der Waals surface area contributed by atoms with Crippen LogP contribution in [0.25, 0.3) is 0 Å². The number of hydrogen-bond acceptors (Lipinski definition) is 8. The van der Waals surface area contributed by atoms with Crippen LogP contribution in [0.15, 0.2) is 18.3 Å². The van der Waals surface area contributed by atoms with Crippen molar-refractivity contribution in [3.05, 3.63) is 45.0 Å². The number of nitrogens with zero attached hydrogens (tertiary/aromatic N) is 3. The average molecular weight is 560 g/mol. The number of carbonyl (C=O) groups excluding carboxylic acids is 4. The summed E-state index contributed by atoms with van der Waals surface area (Å²) in [6, 6.07) is 3.22. The first-order valence-corrected chi connectivity index (χ1v) is 13.7. The van der Waals surface area contributed by atoms with Crippen molar-refractivity contribution in [1.82, 2.24) is 19.8 Å². The van der Waals surface area contributed by atoms with Gasteiger partial charge in [0, 0.05) is 29.5 Å². The predicted molar refractivity (Wildman–Crippen MR) is 152 cm³/mol. The van der Waals surface area contributed by atoms with Crippen LogP contribution in [0.2, 0.25) is 0 Å². The van der Waals surface area contributed by atoms with Crippen LogP contribution in [0.5, 0.6) is 0 Å². The maximum Gasteiger partial charge on any atom is 0.275 e. The molecule has 0 spiro atoms. The number of amides is 4. The summed E-state index contributed by atoms with van der Waals surface area (Å²) in [5.74, 6) is -1.04. The molecule has 204 valence electrons. The number of thiophene rings is 1. The van der Waals surface area contributed by atoms with Gasteiger partial charge in [-0.1, -0.05) is 13.8 Å². The molecule has 0 aliphatic carbocycles. The van der Waals surface area contributed by atoms with E-state index in [2.05, 4.69) is 31.2 Å². The van der Waals surface area contributed by atoms with Crippen molar-refractivity contribution < 1.29 is 19.2 Å². The molecule has 38 heavy (non-hydrogen) atoms. The number of carbonyl (C=O) groups is 4. The Morgan fingerprint density at radius 1 is 1.11 bits per heavy atom. The molecule has 0 bridgehead atoms. The number of rotatable bonds is 12. The van der Waals surface area contributed by atoms with Crippen LogP contribution in [-0.2, 0) is 11.8 Å². The van der Waals surface area contributed by atoms with E-state index in [4.69, 9.17) is 0 Å². The van der Waals surface area contributed by atoms with E-state index in [0.717, 1.165) is 22.7 Å². The van der Waals surface area contributed by atoms with Crippen LogP contribution in [-0.4, -0.2) is 65.8 Å². The first kappa shape index (κ1) is 29.0. The summed E-state index contributed by atoms with van der Waals surface area (Å²) in [4.78, 5) is 57.2. The van der Waals surface area contributed by atoms with E-state index in [1.807, 2.05) is 27.9 Å². The molecule has 0 aromatic carbocycles. The molecule has 0 fully saturated rings. The van der Waals surface area contributed by atoms with Gasteiger partial charge >= 0.3 is 0 Å². The van der Waals surface area contributed by atoms with Crippen molar-refractivity contribution >= 4 is 62.6 Å². The lowest BCUT2D eigenvalue weighted by Crippen LogP contribution is -2.28. The van der Waals surface area contributed by atoms with E-state index in [-0.39, 0.29) is 23.4 Å². The van der Waals surface area contributed by atoms with Gasteiger partial charge in [0.25, 0.3) is 17.7 Å². The number of aryl methyl sites for hydroxylation is 2. The molecule has 11 nitrogen and oxygen atoms in total. The van der Waals surface area contributed by atoms with Crippen molar-refractivity contribution in [3.8, 4) is 0 Å². The first-order chi connectivity index (χ1) is 18.0. The van der Waals surface area contributed by atoms with Gasteiger partial charge in [-0.2, -0.15) is 0 Å². The lowest BCUT2D eigenvalue weighted by atomic mass is 10.1. The molecule has 0 saturated carbocycles. The minimum Gasteiger partial charge on any atom is -0.351 e. The van der Waals surface area contributed by atoms with Gasteiger partial charge in [-0.3, -0.25) is 24.5 Å². The summed E-state index contributed by atoms with van der Waals surface area (Å²) in [5, 5.41) is 11.9. The third kappa shape index (κ3) is 7.27. The quantitative estimate of drug-likeness (QED) is 0.197. The normalized spacial score (nSPS) is 11.1. The highest BCUT2D eigenvalue weighted by Gasteiger charge is 2.23. The fourth-order valence-corrected chi connectivity index (χ4v) is 5.51. The van der Waals surface area contributed by atoms with E-state index >= 15 is 0 Å². The minimum atomic E-state index is -0.432. The Labute approximate surface area is 229 Å². The molecule has 0 unspecified atom stereocenters. The van der Waals surface area contributed by atoms with Crippen molar-refractivity contribution in [1.29, 1.82) is 0 Å². The second-order valence-corrected chi connectivity index (χ2v) is 11.6. The SMILES string of the molecule is Cc1sc(NC=O)cc1C(=O)Nc1nc(C(=O)Nc2cc(C(=O)NCCCN(C)C)n(C)c2)c(C(C)C)s1. The first-order valence-electron chi connectivity index (χ1n) is 12.0. The zero-order valence-corrected chi connectivity index (χ0v) is 23.9. The summed E-state index contributed by atoms with van der Waals surface area (Å²) < 4.78 is 1.66. The Morgan fingerprint density at radius 2 is 1.84 bits per heavy atom. The second kappa shape index (κ2) is 12.8. The van der Waals surface area contributed by atoms with Gasteiger partial charge < -0.3 is 25.4 Å². The largest absolute Gasteiger partial charge is 0.351 e. The van der Waals surface area contributed by atoms with E-state index in [1.165, 1.54) is 22.7 Å². The number of thiazole rings is 1. The summed E-state index contributed by atoms with van der Waals surface area (Å²) in [7, 11) is 5.70. The molecule has 13 heteroatoms. The molecule has 0 saturated heterocycles. The van der Waals surface area contributed by atoms with Crippen LogP contribution in [0.3, 0.4) is 0 Å². The van der Waals surface area contributed by atoms with Gasteiger partial charge in [0.15, 0.2) is 5.13 Å². The summed E-state index contributed by atoms with van der Waals surface area (Å²) in [5.41, 5.74) is 1.52. The zero-order valence-electron chi connectivity index (χ0n) is 22.3. The van der Waals surface area contributed by atoms with Crippen molar-refractivity contribution in [3.63, 3.8) is 0 Å². The van der Waals surface area contributed by atoms with Crippen LogP contribution >= 0.6 is 22.7 Å². The van der Waals surface area contributed by atoms with Gasteiger partial charge in [0.2, 0.25) is 6.41 Å². The third-order valence-electron chi connectivity index (χ3n) is 5.54. The highest BCUT2D eigenvalue weighted by Crippen LogP contribution is 2.32. The van der Waals surface area contributed by atoms with Crippen molar-refractivity contribution in [2.45, 2.75) is 33.1 Å². The van der Waals surface area contributed by atoms with Gasteiger partial charge in [-0.05, 0) is 52.0 Å². The Balaban J connectivity index is 1.71. The standard InChI is InChI=1S/C25H33N7O4S2/c1-14(2)21-20(29-25(38-21)30-22(34)17-11-19(27-13-33)37-15(17)3)24(36)28-16-10-18(32(6)12-16)23(35)26-8-7-9-31(4)5/h10-14H,7-9H2,1-6H3,(H,26,35)(H,27,33)(H,28,36)(H,29,30,34). The van der Waals surface area contributed by atoms with Crippen molar-refractivity contribution in [2.24, 2.45) is 7.05 Å². The lowest BCUT2D eigenvalue weighted by molar-refractivity contribution is -0.105. The minimum absolute atomic E-state index is 0.00976. The number of nitrogens with one attached hydrogen (secondary N) is 4. The molecule has 0 aliphatic rings. The third-order valence-corrected chi connectivity index (χ3v) is 7.79. The molecule has 3 heterocycles. The molecule has 3 aromatic rings. The maximum absolute atomic E-state index is 13.2. The molecule has 3 rings (SSSR count). The van der Waals surface area contributed by atoms with E-state index in [9.17, 15) is 19.2 Å². The predicted octanol–water partition coefficient (Wildman–Crippen LogP) is 3.73. The molecule has 0 atom stereocenters. The Kier molecular flexibility index (Phi) is 9.78. The summed E-state index contributed by atoms with van der Waals surface area (Å²) in [6.07, 6.45) is 3.05. The summed E-state index contributed by atoms with van der Waals surface area (Å²) >= 11 is 2.53. The van der Waals surface area contributed by atoms with Crippen molar-refractivity contribution in [2.75, 3.05) is 43.1 Å². The van der Waals surface area contributed by atoms with E-state index < -0.39 is 5.91 Å². The lowest BCUT2D eigenvalue weighted by Gasteiger charge is -2.10. The molecule has 0 aliphatic heterocycles. The van der Waals surface area contributed by atoms with E-state index in [0.29, 0.717) is 40.0 Å². The van der Waals surface area contributed by atoms with Crippen LogP contribution < -0.4 is 21.3 Å². The smallest absolute Gasteiger partial charge is 0.275 e. The number of hydrogen-bond donors (Lipinski definition) is 4. The Morgan fingerprint density at radius 3 is 2.50 bits per heavy atom. The molecular formula is C25H33N7O4S2. The van der Waals surface area contributed by atoms with Gasteiger partial charge in [-0.25, -0.2) is 4.98 Å². The number of aromatic nitrogens is 2. The number of anilines is 3. The van der Waals surface area contributed by atoms with Gasteiger partial charge in [-0.15, -0.1) is 22.7 Å². The van der Waals surface area contributed by atoms with E-state index in [1.54, 1.807) is 36.9 Å². The van der Waals surface area contributed by atoms with Gasteiger partial charge in [0.05, 0.1) is 16.3 Å². The fraction of sp³-hybridized carbons (Fsp3) is 0.400. The second-order valence-electron chi connectivity index (χ2n) is 9.28. The Bertz CT molecular complexity index is 1320. The fourth-order valence-electron chi connectivity index (χ4n) is 3.68. The molecule has 0 radical (unpaired) electrons. The average Bonchev–Trinajstić information content (AvgIpc) is 3.53. The van der Waals surface area contributed by atoms with Crippen LogP contribution in [0, 0.1) is 6.92 Å².